The predicted octanol–water partition coefficient (Wildman–Crippen LogP) is 6.20. The predicted molar refractivity (Wildman–Crippen MR) is 93.3 cm³/mol. The van der Waals surface area contributed by atoms with Crippen LogP contribution in [0.4, 0.5) is 4.39 Å². The topological polar surface area (TPSA) is 12.9 Å². The van der Waals surface area contributed by atoms with Gasteiger partial charge in [0.05, 0.1) is 5.69 Å². The Balaban J connectivity index is 1.70. The molecule has 1 aromatic heterocycles. The molecule has 0 aliphatic carbocycles. The highest BCUT2D eigenvalue weighted by Crippen LogP contribution is 2.31. The van der Waals surface area contributed by atoms with E-state index >= 15 is 0 Å². The molecule has 0 spiro atoms. The molecule has 0 saturated carbocycles. The summed E-state index contributed by atoms with van der Waals surface area (Å²) in [5.41, 5.74) is 3.93. The minimum absolute atomic E-state index is 0.268. The molecule has 112 valence electrons. The lowest BCUT2D eigenvalue weighted by molar-refractivity contribution is 0.617. The Labute approximate surface area is 142 Å². The Bertz CT molecular complexity index is 784. The summed E-state index contributed by atoms with van der Waals surface area (Å²) in [7, 11) is 0. The highest BCUT2D eigenvalue weighted by Gasteiger charge is 2.08. The van der Waals surface area contributed by atoms with Crippen LogP contribution in [0.15, 0.2) is 52.2 Å². The lowest BCUT2D eigenvalue weighted by Crippen LogP contribution is -1.87. The van der Waals surface area contributed by atoms with Crippen LogP contribution in [-0.4, -0.2) is 4.98 Å². The van der Waals surface area contributed by atoms with Crippen molar-refractivity contribution in [1.29, 1.82) is 0 Å². The van der Waals surface area contributed by atoms with Crippen LogP contribution in [-0.2, 0) is 5.75 Å². The normalized spacial score (nSPS) is 10.9. The van der Waals surface area contributed by atoms with E-state index in [-0.39, 0.29) is 5.82 Å². The minimum atomic E-state index is -0.268. The summed E-state index contributed by atoms with van der Waals surface area (Å²) in [5.74, 6) is 0.277. The molecule has 0 N–H and O–H groups in total. The zero-order chi connectivity index (χ0) is 15.5. The van der Waals surface area contributed by atoms with Crippen molar-refractivity contribution in [2.75, 3.05) is 0 Å². The van der Waals surface area contributed by atoms with Crippen molar-refractivity contribution >= 4 is 34.7 Å². The van der Waals surface area contributed by atoms with Crippen LogP contribution in [0, 0.1) is 12.7 Å². The minimum Gasteiger partial charge on any atom is -0.230 e. The van der Waals surface area contributed by atoms with E-state index in [0.717, 1.165) is 15.6 Å². The molecule has 0 aliphatic rings. The van der Waals surface area contributed by atoms with Crippen LogP contribution in [0.25, 0.3) is 11.3 Å². The quantitative estimate of drug-likeness (QED) is 0.520. The van der Waals surface area contributed by atoms with Gasteiger partial charge in [-0.15, -0.1) is 11.3 Å². The van der Waals surface area contributed by atoms with Crippen molar-refractivity contribution in [2.24, 2.45) is 0 Å². The summed E-state index contributed by atoms with van der Waals surface area (Å²) < 4.78 is 14.7. The number of halogens is 2. The molecule has 0 aliphatic heterocycles. The highest BCUT2D eigenvalue weighted by atomic mass is 35.5. The van der Waals surface area contributed by atoms with Gasteiger partial charge in [0.15, 0.2) is 4.34 Å². The van der Waals surface area contributed by atoms with Gasteiger partial charge in [-0.1, -0.05) is 59.3 Å². The maximum Gasteiger partial charge on any atom is 0.150 e. The number of benzene rings is 2. The Hall–Kier alpha value is -1.36. The number of hydrogen-bond acceptors (Lipinski definition) is 3. The summed E-state index contributed by atoms with van der Waals surface area (Å²) in [6.45, 7) is 2.06. The smallest absolute Gasteiger partial charge is 0.150 e. The van der Waals surface area contributed by atoms with E-state index < -0.39 is 0 Å². The fraction of sp³-hybridized carbons (Fsp3) is 0.118. The molecular formula is C17H13ClFNS2. The van der Waals surface area contributed by atoms with E-state index in [0.29, 0.717) is 16.3 Å². The molecule has 3 rings (SSSR count). The summed E-state index contributed by atoms with van der Waals surface area (Å²) in [6.07, 6.45) is 0. The number of thiazole rings is 1. The summed E-state index contributed by atoms with van der Waals surface area (Å²) >= 11 is 8.88. The van der Waals surface area contributed by atoms with E-state index in [1.165, 1.54) is 23.4 Å². The summed E-state index contributed by atoms with van der Waals surface area (Å²) in [4.78, 5) is 4.61. The van der Waals surface area contributed by atoms with Gasteiger partial charge in [0.25, 0.3) is 0 Å². The van der Waals surface area contributed by atoms with Gasteiger partial charge in [0, 0.05) is 21.7 Å². The van der Waals surface area contributed by atoms with E-state index in [1.807, 2.05) is 5.38 Å². The average Bonchev–Trinajstić information content (AvgIpc) is 2.96. The number of thioether (sulfide) groups is 1. The molecule has 0 radical (unpaired) electrons. The zero-order valence-electron chi connectivity index (χ0n) is 11.8. The van der Waals surface area contributed by atoms with Crippen molar-refractivity contribution in [3.05, 3.63) is 69.8 Å². The first-order chi connectivity index (χ1) is 10.6. The van der Waals surface area contributed by atoms with Crippen LogP contribution in [0.5, 0.6) is 0 Å². The maximum atomic E-state index is 13.7. The van der Waals surface area contributed by atoms with Crippen molar-refractivity contribution < 1.29 is 4.39 Å². The van der Waals surface area contributed by atoms with Gasteiger partial charge in [-0.2, -0.15) is 0 Å². The molecular weight excluding hydrogens is 337 g/mol. The third kappa shape index (κ3) is 3.69. The van der Waals surface area contributed by atoms with E-state index in [9.17, 15) is 4.39 Å². The lowest BCUT2D eigenvalue weighted by Gasteiger charge is -2.01. The average molecular weight is 350 g/mol. The van der Waals surface area contributed by atoms with Gasteiger partial charge in [0.2, 0.25) is 0 Å². The number of aromatic nitrogens is 1. The standard InChI is InChI=1S/C17H13ClFNS2/c1-11-2-4-12(5-3-11)16-10-22-17(20-16)21-9-13-6-7-14(18)8-15(13)19/h2-8,10H,9H2,1H3. The van der Waals surface area contributed by atoms with Gasteiger partial charge >= 0.3 is 0 Å². The molecule has 2 aromatic carbocycles. The Morgan fingerprint density at radius 1 is 1.18 bits per heavy atom. The molecule has 3 aromatic rings. The molecule has 1 heterocycles. The molecule has 0 bridgehead atoms. The monoisotopic (exact) mass is 349 g/mol. The van der Waals surface area contributed by atoms with Crippen molar-refractivity contribution in [3.63, 3.8) is 0 Å². The fourth-order valence-electron chi connectivity index (χ4n) is 1.96. The number of nitrogens with zero attached hydrogens (tertiary/aromatic N) is 1. The van der Waals surface area contributed by atoms with Crippen LogP contribution in [0.1, 0.15) is 11.1 Å². The van der Waals surface area contributed by atoms with Crippen LogP contribution < -0.4 is 0 Å². The molecule has 5 heteroatoms. The van der Waals surface area contributed by atoms with E-state index in [2.05, 4.69) is 36.2 Å². The second-order valence-corrected chi connectivity index (χ2v) is 7.41. The number of hydrogen-bond donors (Lipinski definition) is 0. The first kappa shape index (κ1) is 15.5. The molecule has 0 fully saturated rings. The molecule has 0 unspecified atom stereocenters. The first-order valence-electron chi connectivity index (χ1n) is 6.71. The maximum absolute atomic E-state index is 13.7. The van der Waals surface area contributed by atoms with Crippen molar-refractivity contribution in [1.82, 2.24) is 4.98 Å². The van der Waals surface area contributed by atoms with Gasteiger partial charge in [-0.3, -0.25) is 0 Å². The summed E-state index contributed by atoms with van der Waals surface area (Å²) in [5, 5.41) is 2.45. The molecule has 0 amide bonds. The van der Waals surface area contributed by atoms with Crippen molar-refractivity contribution in [3.8, 4) is 11.3 Å². The van der Waals surface area contributed by atoms with Crippen molar-refractivity contribution in [2.45, 2.75) is 17.0 Å². The third-order valence-corrected chi connectivity index (χ3v) is 5.50. The fourth-order valence-corrected chi connectivity index (χ4v) is 3.94. The molecule has 0 saturated heterocycles. The Morgan fingerprint density at radius 3 is 2.68 bits per heavy atom. The van der Waals surface area contributed by atoms with Gasteiger partial charge < -0.3 is 0 Å². The first-order valence-corrected chi connectivity index (χ1v) is 8.95. The third-order valence-electron chi connectivity index (χ3n) is 3.20. The van der Waals surface area contributed by atoms with Crippen LogP contribution >= 0.6 is 34.7 Å². The summed E-state index contributed by atoms with van der Waals surface area (Å²) in [6, 6.07) is 13.1. The van der Waals surface area contributed by atoms with Gasteiger partial charge in [0.1, 0.15) is 5.82 Å². The second-order valence-electron chi connectivity index (χ2n) is 4.89. The van der Waals surface area contributed by atoms with E-state index in [4.69, 9.17) is 11.6 Å². The highest BCUT2D eigenvalue weighted by molar-refractivity contribution is 8.00. The SMILES string of the molecule is Cc1ccc(-c2csc(SCc3ccc(Cl)cc3F)n2)cc1. The van der Waals surface area contributed by atoms with Gasteiger partial charge in [-0.25, -0.2) is 9.37 Å². The number of rotatable bonds is 4. The Kier molecular flexibility index (Phi) is 4.81. The molecule has 0 atom stereocenters. The van der Waals surface area contributed by atoms with Gasteiger partial charge in [-0.05, 0) is 24.6 Å². The largest absolute Gasteiger partial charge is 0.230 e. The van der Waals surface area contributed by atoms with Crippen LogP contribution in [0.2, 0.25) is 5.02 Å². The van der Waals surface area contributed by atoms with Crippen LogP contribution in [0.3, 0.4) is 0 Å². The zero-order valence-corrected chi connectivity index (χ0v) is 14.2. The van der Waals surface area contributed by atoms with E-state index in [1.54, 1.807) is 23.5 Å². The lowest BCUT2D eigenvalue weighted by atomic mass is 10.1. The molecule has 1 nitrogen and oxygen atoms in total. The molecule has 22 heavy (non-hydrogen) atoms. The Morgan fingerprint density at radius 2 is 1.95 bits per heavy atom. The number of aryl methyl sites for hydroxylation is 1. The second kappa shape index (κ2) is 6.82.